The van der Waals surface area contributed by atoms with Crippen LogP contribution in [0.3, 0.4) is 0 Å². The van der Waals surface area contributed by atoms with Gasteiger partial charge in [-0.3, -0.25) is 9.78 Å². The summed E-state index contributed by atoms with van der Waals surface area (Å²) >= 11 is 0. The molecule has 1 N–H and O–H groups in total. The predicted octanol–water partition coefficient (Wildman–Crippen LogP) is 1.05. The minimum absolute atomic E-state index is 0.159. The van der Waals surface area contributed by atoms with Crippen molar-refractivity contribution in [3.05, 3.63) is 24.5 Å². The van der Waals surface area contributed by atoms with E-state index in [4.69, 9.17) is 4.74 Å². The summed E-state index contributed by atoms with van der Waals surface area (Å²) in [6.07, 6.45) is 2.80. The minimum Gasteiger partial charge on any atom is -0.372 e. The van der Waals surface area contributed by atoms with Crippen LogP contribution in [0.25, 0.3) is 0 Å². The number of hydrogen-bond donors (Lipinski definition) is 1. The molecule has 1 aromatic rings. The van der Waals surface area contributed by atoms with Gasteiger partial charge in [-0.05, 0) is 19.1 Å². The smallest absolute Gasteiger partial charge is 0.253 e. The molecule has 0 saturated carbocycles. The number of aromatic nitrogens is 1. The van der Waals surface area contributed by atoms with E-state index in [9.17, 15) is 4.79 Å². The topological polar surface area (TPSA) is 51.2 Å². The van der Waals surface area contributed by atoms with E-state index in [-0.39, 0.29) is 5.91 Å². The third kappa shape index (κ3) is 2.83. The first-order valence-corrected chi connectivity index (χ1v) is 3.97. The molecule has 0 aromatic carbocycles. The van der Waals surface area contributed by atoms with Gasteiger partial charge < -0.3 is 10.1 Å². The highest BCUT2D eigenvalue weighted by molar-refractivity contribution is 5.93. The van der Waals surface area contributed by atoms with E-state index in [1.807, 2.05) is 0 Å². The number of nitrogens with zero attached hydrogens (tertiary/aromatic N) is 1. The zero-order valence-electron chi connectivity index (χ0n) is 7.65. The fraction of sp³-hybridized carbons (Fsp3) is 0.333. The molecule has 0 saturated heterocycles. The summed E-state index contributed by atoms with van der Waals surface area (Å²) in [5, 5.41) is 2.69. The minimum atomic E-state index is -0.437. The van der Waals surface area contributed by atoms with Gasteiger partial charge in [0.25, 0.3) is 5.91 Å². The van der Waals surface area contributed by atoms with E-state index in [1.54, 1.807) is 31.5 Å². The van der Waals surface area contributed by atoms with E-state index in [0.717, 1.165) is 5.69 Å². The van der Waals surface area contributed by atoms with Crippen molar-refractivity contribution in [1.82, 2.24) is 4.98 Å². The molecule has 1 unspecified atom stereocenters. The first-order chi connectivity index (χ1) is 6.24. The van der Waals surface area contributed by atoms with Gasteiger partial charge in [-0.1, -0.05) is 0 Å². The van der Waals surface area contributed by atoms with E-state index in [2.05, 4.69) is 10.3 Å². The first kappa shape index (κ1) is 9.67. The fourth-order valence-electron chi connectivity index (χ4n) is 0.786. The number of pyridine rings is 1. The molecule has 1 amide bonds. The maximum atomic E-state index is 11.3. The normalized spacial score (nSPS) is 12.2. The molecule has 0 aliphatic carbocycles. The van der Waals surface area contributed by atoms with Crippen LogP contribution in [0, 0.1) is 0 Å². The number of anilines is 1. The van der Waals surface area contributed by atoms with Gasteiger partial charge in [0.05, 0.1) is 0 Å². The molecule has 4 nitrogen and oxygen atoms in total. The highest BCUT2D eigenvalue weighted by atomic mass is 16.5. The van der Waals surface area contributed by atoms with Crippen LogP contribution in [0.4, 0.5) is 5.69 Å². The summed E-state index contributed by atoms with van der Waals surface area (Å²) in [7, 11) is 1.50. The van der Waals surface area contributed by atoms with Crippen molar-refractivity contribution < 1.29 is 9.53 Å². The Bertz CT molecular complexity index is 274. The molecule has 4 heteroatoms. The summed E-state index contributed by atoms with van der Waals surface area (Å²) in [4.78, 5) is 15.1. The SMILES string of the molecule is COC(C)C(=O)Nc1ccncc1. The Morgan fingerprint density at radius 2 is 2.15 bits per heavy atom. The van der Waals surface area contributed by atoms with E-state index < -0.39 is 6.10 Å². The predicted molar refractivity (Wildman–Crippen MR) is 49.3 cm³/mol. The van der Waals surface area contributed by atoms with Gasteiger partial charge in [0.1, 0.15) is 6.10 Å². The highest BCUT2D eigenvalue weighted by Crippen LogP contribution is 2.04. The summed E-state index contributed by atoms with van der Waals surface area (Å²) < 4.78 is 4.86. The van der Waals surface area contributed by atoms with Crippen LogP contribution < -0.4 is 5.32 Å². The van der Waals surface area contributed by atoms with Crippen LogP contribution in [-0.2, 0) is 9.53 Å². The van der Waals surface area contributed by atoms with Gasteiger partial charge >= 0.3 is 0 Å². The summed E-state index contributed by atoms with van der Waals surface area (Å²) in [5.41, 5.74) is 0.726. The molecule has 70 valence electrons. The Hall–Kier alpha value is -1.42. The van der Waals surface area contributed by atoms with Crippen LogP contribution in [0.1, 0.15) is 6.92 Å². The maximum Gasteiger partial charge on any atom is 0.253 e. The summed E-state index contributed by atoms with van der Waals surface area (Å²) in [6, 6.07) is 3.44. The lowest BCUT2D eigenvalue weighted by Gasteiger charge is -2.09. The molecule has 13 heavy (non-hydrogen) atoms. The van der Waals surface area contributed by atoms with Crippen LogP contribution in [0.2, 0.25) is 0 Å². The zero-order chi connectivity index (χ0) is 9.68. The number of rotatable bonds is 3. The number of hydrogen-bond acceptors (Lipinski definition) is 3. The van der Waals surface area contributed by atoms with Crippen LogP contribution in [-0.4, -0.2) is 24.1 Å². The molecule has 1 atom stereocenters. The number of carbonyl (C=O) groups is 1. The summed E-state index contributed by atoms with van der Waals surface area (Å²) in [6.45, 7) is 1.69. The average molecular weight is 180 g/mol. The number of carbonyl (C=O) groups excluding carboxylic acids is 1. The monoisotopic (exact) mass is 180 g/mol. The van der Waals surface area contributed by atoms with Crippen molar-refractivity contribution >= 4 is 11.6 Å². The summed E-state index contributed by atoms with van der Waals surface area (Å²) in [5.74, 6) is -0.159. The molecular weight excluding hydrogens is 168 g/mol. The third-order valence-corrected chi connectivity index (χ3v) is 1.67. The van der Waals surface area contributed by atoms with Gasteiger partial charge in [-0.15, -0.1) is 0 Å². The molecule has 0 aliphatic heterocycles. The largest absolute Gasteiger partial charge is 0.372 e. The van der Waals surface area contributed by atoms with Gasteiger partial charge in [0.2, 0.25) is 0 Å². The van der Waals surface area contributed by atoms with Crippen LogP contribution >= 0.6 is 0 Å². The molecule has 0 radical (unpaired) electrons. The van der Waals surface area contributed by atoms with Gasteiger partial charge in [-0.25, -0.2) is 0 Å². The van der Waals surface area contributed by atoms with Crippen molar-refractivity contribution in [2.45, 2.75) is 13.0 Å². The second-order valence-corrected chi connectivity index (χ2v) is 2.60. The Labute approximate surface area is 76.9 Å². The standard InChI is InChI=1S/C9H12N2O2/c1-7(13-2)9(12)11-8-3-5-10-6-4-8/h3-7H,1-2H3,(H,10,11,12). The van der Waals surface area contributed by atoms with E-state index in [1.165, 1.54) is 7.11 Å². The zero-order valence-corrected chi connectivity index (χ0v) is 7.65. The Morgan fingerprint density at radius 3 is 2.69 bits per heavy atom. The third-order valence-electron chi connectivity index (χ3n) is 1.67. The van der Waals surface area contributed by atoms with Crippen molar-refractivity contribution in [2.75, 3.05) is 12.4 Å². The number of ether oxygens (including phenoxy) is 1. The second-order valence-electron chi connectivity index (χ2n) is 2.60. The van der Waals surface area contributed by atoms with Crippen LogP contribution in [0.5, 0.6) is 0 Å². The molecule has 0 aliphatic rings. The van der Waals surface area contributed by atoms with E-state index in [0.29, 0.717) is 0 Å². The molecular formula is C9H12N2O2. The molecule has 0 spiro atoms. The van der Waals surface area contributed by atoms with Crippen molar-refractivity contribution in [2.24, 2.45) is 0 Å². The number of amides is 1. The van der Waals surface area contributed by atoms with Gasteiger partial charge in [0, 0.05) is 25.2 Å². The van der Waals surface area contributed by atoms with Crippen molar-refractivity contribution in [3.8, 4) is 0 Å². The highest BCUT2D eigenvalue weighted by Gasteiger charge is 2.10. The Morgan fingerprint density at radius 1 is 1.54 bits per heavy atom. The van der Waals surface area contributed by atoms with Crippen LogP contribution in [0.15, 0.2) is 24.5 Å². The van der Waals surface area contributed by atoms with Gasteiger partial charge in [-0.2, -0.15) is 0 Å². The second kappa shape index (κ2) is 4.57. The average Bonchev–Trinajstić information content (AvgIpc) is 2.18. The molecule has 1 rings (SSSR count). The fourth-order valence-corrected chi connectivity index (χ4v) is 0.786. The Balaban J connectivity index is 2.55. The number of nitrogens with one attached hydrogen (secondary N) is 1. The first-order valence-electron chi connectivity index (χ1n) is 3.97. The Kier molecular flexibility index (Phi) is 3.40. The molecule has 1 heterocycles. The molecule has 1 aromatic heterocycles. The molecule has 0 bridgehead atoms. The lowest BCUT2D eigenvalue weighted by atomic mass is 10.3. The molecule has 0 fully saturated rings. The lowest BCUT2D eigenvalue weighted by molar-refractivity contribution is -0.124. The lowest BCUT2D eigenvalue weighted by Crippen LogP contribution is -2.26. The van der Waals surface area contributed by atoms with Crippen molar-refractivity contribution in [3.63, 3.8) is 0 Å². The van der Waals surface area contributed by atoms with Gasteiger partial charge in [0.15, 0.2) is 0 Å². The van der Waals surface area contributed by atoms with E-state index >= 15 is 0 Å². The maximum absolute atomic E-state index is 11.3. The number of methoxy groups -OCH3 is 1. The quantitative estimate of drug-likeness (QED) is 0.756. The van der Waals surface area contributed by atoms with Crippen molar-refractivity contribution in [1.29, 1.82) is 0 Å².